The maximum Gasteiger partial charge on any atom is 0.274 e. The van der Waals surface area contributed by atoms with Crippen LogP contribution < -0.4 is 0 Å². The second kappa shape index (κ2) is 8.02. The first-order valence-corrected chi connectivity index (χ1v) is 10.9. The molecular weight excluding hydrogens is 392 g/mol. The molecule has 8 nitrogen and oxygen atoms in total. The van der Waals surface area contributed by atoms with Gasteiger partial charge in [-0.2, -0.15) is 10.2 Å². The summed E-state index contributed by atoms with van der Waals surface area (Å²) in [7, 11) is 0. The van der Waals surface area contributed by atoms with Crippen molar-refractivity contribution < 1.29 is 9.59 Å². The summed E-state index contributed by atoms with van der Waals surface area (Å²) < 4.78 is 3.67. The molecule has 31 heavy (non-hydrogen) atoms. The molecule has 2 aliphatic rings. The summed E-state index contributed by atoms with van der Waals surface area (Å²) in [4.78, 5) is 30.1. The van der Waals surface area contributed by atoms with Crippen molar-refractivity contribution in [3.63, 3.8) is 0 Å². The number of benzene rings is 1. The minimum atomic E-state index is -0.0384. The Morgan fingerprint density at radius 1 is 1.03 bits per heavy atom. The molecule has 3 aromatic rings. The Morgan fingerprint density at radius 2 is 1.87 bits per heavy atom. The van der Waals surface area contributed by atoms with Gasteiger partial charge in [0.15, 0.2) is 5.69 Å². The average molecular weight is 419 g/mol. The molecule has 0 N–H and O–H groups in total. The van der Waals surface area contributed by atoms with Gasteiger partial charge in [0.25, 0.3) is 11.8 Å². The van der Waals surface area contributed by atoms with Gasteiger partial charge in [-0.3, -0.25) is 14.3 Å². The van der Waals surface area contributed by atoms with E-state index in [0.717, 1.165) is 49.4 Å². The summed E-state index contributed by atoms with van der Waals surface area (Å²) in [6.45, 7) is 5.35. The van der Waals surface area contributed by atoms with E-state index in [2.05, 4.69) is 10.2 Å². The molecule has 4 heterocycles. The molecule has 8 heteroatoms. The Bertz CT molecular complexity index is 1110. The van der Waals surface area contributed by atoms with E-state index in [1.54, 1.807) is 10.9 Å². The molecule has 0 aliphatic carbocycles. The van der Waals surface area contributed by atoms with E-state index in [1.807, 2.05) is 57.9 Å². The summed E-state index contributed by atoms with van der Waals surface area (Å²) in [6.07, 6.45) is 6.35. The second-order valence-electron chi connectivity index (χ2n) is 8.07. The number of hydrogen-bond donors (Lipinski definition) is 0. The van der Waals surface area contributed by atoms with Crippen LogP contribution in [-0.2, 0) is 19.5 Å². The highest BCUT2D eigenvalue weighted by Gasteiger charge is 2.32. The molecule has 0 bridgehead atoms. The topological polar surface area (TPSA) is 76.3 Å². The molecule has 2 amide bonds. The fraction of sp³-hybridized carbons (Fsp3) is 0.391. The van der Waals surface area contributed by atoms with Crippen LogP contribution in [0, 0.1) is 0 Å². The average Bonchev–Trinajstić information content (AvgIpc) is 3.58. The van der Waals surface area contributed by atoms with Crippen molar-refractivity contribution in [3.8, 4) is 5.69 Å². The number of carbonyl (C=O) groups excluding carboxylic acids is 2. The van der Waals surface area contributed by atoms with Crippen molar-refractivity contribution >= 4 is 11.8 Å². The van der Waals surface area contributed by atoms with Crippen LogP contribution in [0.5, 0.6) is 0 Å². The first kappa shape index (κ1) is 19.5. The molecule has 1 aromatic carbocycles. The van der Waals surface area contributed by atoms with Crippen molar-refractivity contribution in [2.45, 2.75) is 39.3 Å². The summed E-state index contributed by atoms with van der Waals surface area (Å²) >= 11 is 0. The highest BCUT2D eigenvalue weighted by atomic mass is 16.2. The Morgan fingerprint density at radius 3 is 2.61 bits per heavy atom. The standard InChI is InChI=1S/C23H26N6O2/c1-2-28-20-9-14-27(16-19(20)21(25-28)23(31)26-11-3-4-12-26)22(30)17-7-5-8-18(15-17)29-13-6-10-24-29/h5-8,10,13,15H,2-4,9,11-12,14,16H2,1H3. The van der Waals surface area contributed by atoms with Gasteiger partial charge in [-0.25, -0.2) is 4.68 Å². The van der Waals surface area contributed by atoms with Crippen LogP contribution in [0.4, 0.5) is 0 Å². The predicted octanol–water partition coefficient (Wildman–Crippen LogP) is 2.52. The summed E-state index contributed by atoms with van der Waals surface area (Å²) in [5.74, 6) is -0.0422. The van der Waals surface area contributed by atoms with Gasteiger partial charge in [0.1, 0.15) is 0 Å². The monoisotopic (exact) mass is 418 g/mol. The fourth-order valence-corrected chi connectivity index (χ4v) is 4.55. The molecular formula is C23H26N6O2. The van der Waals surface area contributed by atoms with Crippen LogP contribution in [0.1, 0.15) is 51.9 Å². The summed E-state index contributed by atoms with van der Waals surface area (Å²) in [5, 5.41) is 8.89. The molecule has 5 rings (SSSR count). The molecule has 0 radical (unpaired) electrons. The molecule has 0 atom stereocenters. The van der Waals surface area contributed by atoms with E-state index in [9.17, 15) is 9.59 Å². The van der Waals surface area contributed by atoms with Gasteiger partial charge in [0.2, 0.25) is 0 Å². The van der Waals surface area contributed by atoms with Gasteiger partial charge in [0, 0.05) is 61.8 Å². The minimum Gasteiger partial charge on any atom is -0.337 e. The third-order valence-electron chi connectivity index (χ3n) is 6.18. The smallest absolute Gasteiger partial charge is 0.274 e. The van der Waals surface area contributed by atoms with Gasteiger partial charge < -0.3 is 9.80 Å². The third-order valence-corrected chi connectivity index (χ3v) is 6.18. The van der Waals surface area contributed by atoms with Crippen molar-refractivity contribution in [1.29, 1.82) is 0 Å². The van der Waals surface area contributed by atoms with Gasteiger partial charge in [-0.1, -0.05) is 6.07 Å². The predicted molar refractivity (Wildman–Crippen MR) is 115 cm³/mol. The number of rotatable bonds is 4. The van der Waals surface area contributed by atoms with Crippen LogP contribution in [0.3, 0.4) is 0 Å². The first-order valence-electron chi connectivity index (χ1n) is 10.9. The lowest BCUT2D eigenvalue weighted by molar-refractivity contribution is 0.0722. The van der Waals surface area contributed by atoms with E-state index in [4.69, 9.17) is 0 Å². The number of fused-ring (bicyclic) bond motifs is 1. The van der Waals surface area contributed by atoms with Crippen LogP contribution in [0.15, 0.2) is 42.7 Å². The maximum atomic E-state index is 13.3. The van der Waals surface area contributed by atoms with Crippen molar-refractivity contribution in [2.75, 3.05) is 19.6 Å². The zero-order chi connectivity index (χ0) is 21.4. The highest BCUT2D eigenvalue weighted by Crippen LogP contribution is 2.26. The van der Waals surface area contributed by atoms with Crippen molar-refractivity contribution in [2.24, 2.45) is 0 Å². The number of likely N-dealkylation sites (tertiary alicyclic amines) is 1. The highest BCUT2D eigenvalue weighted by molar-refractivity contribution is 5.96. The Hall–Kier alpha value is -3.42. The number of aromatic nitrogens is 4. The van der Waals surface area contributed by atoms with E-state index in [-0.39, 0.29) is 11.8 Å². The number of aryl methyl sites for hydroxylation is 1. The van der Waals surface area contributed by atoms with Gasteiger partial charge in [-0.15, -0.1) is 0 Å². The number of hydrogen-bond acceptors (Lipinski definition) is 4. The summed E-state index contributed by atoms with van der Waals surface area (Å²) in [5.41, 5.74) is 3.96. The summed E-state index contributed by atoms with van der Waals surface area (Å²) in [6, 6.07) is 9.34. The van der Waals surface area contributed by atoms with Crippen LogP contribution in [0.25, 0.3) is 5.69 Å². The zero-order valence-corrected chi connectivity index (χ0v) is 17.7. The zero-order valence-electron chi connectivity index (χ0n) is 17.7. The lowest BCUT2D eigenvalue weighted by Gasteiger charge is -2.28. The second-order valence-corrected chi connectivity index (χ2v) is 8.07. The molecule has 1 fully saturated rings. The number of carbonyl (C=O) groups is 2. The lowest BCUT2D eigenvalue weighted by atomic mass is 10.0. The molecule has 0 saturated carbocycles. The van der Waals surface area contributed by atoms with E-state index in [0.29, 0.717) is 30.8 Å². The normalized spacial score (nSPS) is 15.9. The minimum absolute atomic E-state index is 0.00377. The molecule has 0 unspecified atom stereocenters. The van der Waals surface area contributed by atoms with Crippen molar-refractivity contribution in [3.05, 3.63) is 65.2 Å². The van der Waals surface area contributed by atoms with E-state index >= 15 is 0 Å². The Balaban J connectivity index is 1.42. The maximum absolute atomic E-state index is 13.3. The van der Waals surface area contributed by atoms with Crippen molar-refractivity contribution in [1.82, 2.24) is 29.4 Å². The molecule has 2 aliphatic heterocycles. The van der Waals surface area contributed by atoms with E-state index < -0.39 is 0 Å². The SMILES string of the molecule is CCn1nc(C(=O)N2CCCC2)c2c1CCN(C(=O)c1cccc(-n3cccn3)c1)C2. The number of nitrogens with zero attached hydrogens (tertiary/aromatic N) is 6. The molecule has 160 valence electrons. The first-order chi connectivity index (χ1) is 15.2. The number of amides is 2. The van der Waals surface area contributed by atoms with Gasteiger partial charge in [-0.05, 0) is 44.0 Å². The van der Waals surface area contributed by atoms with E-state index in [1.165, 1.54) is 0 Å². The molecule has 1 saturated heterocycles. The van der Waals surface area contributed by atoms with Crippen LogP contribution in [-0.4, -0.2) is 60.8 Å². The molecule has 2 aromatic heterocycles. The lowest BCUT2D eigenvalue weighted by Crippen LogP contribution is -2.37. The van der Waals surface area contributed by atoms with Crippen LogP contribution in [0.2, 0.25) is 0 Å². The van der Waals surface area contributed by atoms with Crippen LogP contribution >= 0.6 is 0 Å². The fourth-order valence-electron chi connectivity index (χ4n) is 4.55. The quantitative estimate of drug-likeness (QED) is 0.652. The Kier molecular flexibility index (Phi) is 5.05. The van der Waals surface area contributed by atoms with Gasteiger partial charge >= 0.3 is 0 Å². The third kappa shape index (κ3) is 3.52. The Labute approximate surface area is 181 Å². The molecule has 0 spiro atoms. The largest absolute Gasteiger partial charge is 0.337 e. The van der Waals surface area contributed by atoms with Gasteiger partial charge in [0.05, 0.1) is 12.2 Å².